The molecule has 1 heterocycles. The first kappa shape index (κ1) is 15.3. The molecule has 3 rings (SSSR count). The zero-order chi connectivity index (χ0) is 12.4. The Kier molecular flexibility index (Phi) is 5.42. The topological polar surface area (TPSA) is 80.9 Å². The number of nitrogens with zero attached hydrogens (tertiary/aromatic N) is 2. The smallest absolute Gasteiger partial charge is 0.166 e. The zero-order valence-corrected chi connectivity index (χ0v) is 13.5. The molecular formula is C12H17N4OW-. The fourth-order valence-electron chi connectivity index (χ4n) is 3.10. The number of nitrogen functional groups attached to an aromatic ring is 1. The van der Waals surface area contributed by atoms with Gasteiger partial charge in [0.25, 0.3) is 0 Å². The Balaban J connectivity index is 0.000000372. The number of rotatable bonds is 1. The Morgan fingerprint density at radius 3 is 2.39 bits per heavy atom. The summed E-state index contributed by atoms with van der Waals surface area (Å²) in [6.07, 6.45) is 5.38. The number of aromatic nitrogens is 2. The van der Waals surface area contributed by atoms with Crippen LogP contribution in [0, 0.1) is 6.92 Å². The summed E-state index contributed by atoms with van der Waals surface area (Å²) in [5.74, 6) is 7.64. The van der Waals surface area contributed by atoms with E-state index in [9.17, 15) is 0 Å². The summed E-state index contributed by atoms with van der Waals surface area (Å²) in [5.41, 5.74) is 6.52. The number of nitrogens with two attached hydrogens (primary N) is 1. The van der Waals surface area contributed by atoms with Crippen LogP contribution in [0.1, 0.15) is 54.8 Å². The average molecular weight is 417 g/mol. The number of anilines is 1. The number of hydrogen-bond donors (Lipinski definition) is 2. The fraction of sp³-hybridized carbons (Fsp3) is 0.583. The molecule has 18 heavy (non-hydrogen) atoms. The van der Waals surface area contributed by atoms with Crippen LogP contribution in [0.5, 0.6) is 0 Å². The van der Waals surface area contributed by atoms with Crippen molar-refractivity contribution in [1.82, 2.24) is 10.2 Å². The van der Waals surface area contributed by atoms with E-state index in [1.807, 2.05) is 6.92 Å². The van der Waals surface area contributed by atoms with Gasteiger partial charge in [-0.25, -0.2) is 5.84 Å². The van der Waals surface area contributed by atoms with E-state index in [0.29, 0.717) is 5.92 Å². The predicted octanol–water partition coefficient (Wildman–Crippen LogP) is 1.55. The van der Waals surface area contributed by atoms with Crippen molar-refractivity contribution >= 4 is 12.1 Å². The van der Waals surface area contributed by atoms with E-state index in [1.54, 1.807) is 0 Å². The maximum Gasteiger partial charge on any atom is 0.166 e. The SMILES string of the molecule is C[C-]=O.Cc1nnc(NN)c2c1C1CCC2C1.[W]. The second-order valence-corrected chi connectivity index (χ2v) is 4.52. The minimum absolute atomic E-state index is 0. The standard InChI is InChI=1S/C10H14N4.C2H3O.W/c1-5-8-6-2-3-7(4-6)9(8)10(12-11)14-13-5;1-2-3;/h6-7H,2-4,11H2,1H3,(H,12,14);1H3;/q;-1;. The molecule has 2 aliphatic rings. The molecule has 2 unspecified atom stereocenters. The molecule has 2 bridgehead atoms. The molecule has 1 aromatic heterocycles. The van der Waals surface area contributed by atoms with Gasteiger partial charge in [-0.05, 0) is 43.6 Å². The number of carbonyl (C=O) groups excluding carboxylic acids is 1. The molecule has 0 radical (unpaired) electrons. The zero-order valence-electron chi connectivity index (χ0n) is 10.6. The summed E-state index contributed by atoms with van der Waals surface area (Å²) in [7, 11) is 0. The number of fused-ring (bicyclic) bond motifs is 5. The van der Waals surface area contributed by atoms with Crippen LogP contribution in [0.4, 0.5) is 5.82 Å². The number of aryl methyl sites for hydroxylation is 1. The summed E-state index contributed by atoms with van der Waals surface area (Å²) < 4.78 is 0. The molecule has 2 aliphatic carbocycles. The van der Waals surface area contributed by atoms with E-state index < -0.39 is 0 Å². The average Bonchev–Trinajstić information content (AvgIpc) is 2.92. The van der Waals surface area contributed by atoms with Gasteiger partial charge < -0.3 is 10.2 Å². The monoisotopic (exact) mass is 417 g/mol. The maximum atomic E-state index is 8.68. The number of hydrogen-bond acceptors (Lipinski definition) is 5. The summed E-state index contributed by atoms with van der Waals surface area (Å²) in [4.78, 5) is 8.68. The quantitative estimate of drug-likeness (QED) is 0.412. The second kappa shape index (κ2) is 6.39. The molecular weight excluding hydrogens is 400 g/mol. The predicted molar refractivity (Wildman–Crippen MR) is 65.3 cm³/mol. The Morgan fingerprint density at radius 1 is 1.28 bits per heavy atom. The molecule has 0 spiro atoms. The minimum Gasteiger partial charge on any atom is -0.542 e. The third-order valence-corrected chi connectivity index (χ3v) is 3.62. The summed E-state index contributed by atoms with van der Waals surface area (Å²) in [6.45, 7) is 3.37. The van der Waals surface area contributed by atoms with Gasteiger partial charge in [0.1, 0.15) is 0 Å². The fourth-order valence-corrected chi connectivity index (χ4v) is 3.10. The summed E-state index contributed by atoms with van der Waals surface area (Å²) >= 11 is 0. The Morgan fingerprint density at radius 2 is 1.83 bits per heavy atom. The van der Waals surface area contributed by atoms with E-state index >= 15 is 0 Å². The van der Waals surface area contributed by atoms with Gasteiger partial charge in [-0.3, -0.25) is 6.29 Å². The Bertz CT molecular complexity index is 438. The summed E-state index contributed by atoms with van der Waals surface area (Å²) in [6, 6.07) is 0. The Hall–Kier alpha value is -0.802. The molecule has 2 atom stereocenters. The molecule has 1 fully saturated rings. The first-order valence-electron chi connectivity index (χ1n) is 5.85. The van der Waals surface area contributed by atoms with Crippen molar-refractivity contribution in [2.24, 2.45) is 5.84 Å². The van der Waals surface area contributed by atoms with Gasteiger partial charge in [-0.2, -0.15) is 12.0 Å². The van der Waals surface area contributed by atoms with E-state index in [-0.39, 0.29) is 21.1 Å². The van der Waals surface area contributed by atoms with Crippen LogP contribution in [-0.2, 0) is 25.9 Å². The van der Waals surface area contributed by atoms with Gasteiger partial charge in [0.2, 0.25) is 0 Å². The van der Waals surface area contributed by atoms with Gasteiger partial charge in [0.15, 0.2) is 5.82 Å². The first-order valence-corrected chi connectivity index (χ1v) is 5.85. The normalized spacial score (nSPS) is 22.4. The van der Waals surface area contributed by atoms with Gasteiger partial charge in [-0.1, -0.05) is 0 Å². The molecule has 6 heteroatoms. The van der Waals surface area contributed by atoms with Crippen LogP contribution in [0.15, 0.2) is 0 Å². The van der Waals surface area contributed by atoms with Crippen molar-refractivity contribution < 1.29 is 25.9 Å². The first-order chi connectivity index (χ1) is 8.22. The molecule has 3 N–H and O–H groups in total. The van der Waals surface area contributed by atoms with E-state index in [4.69, 9.17) is 10.6 Å². The van der Waals surface area contributed by atoms with Crippen molar-refractivity contribution in [2.45, 2.75) is 44.9 Å². The van der Waals surface area contributed by atoms with E-state index in [1.165, 1.54) is 43.6 Å². The van der Waals surface area contributed by atoms with Crippen molar-refractivity contribution in [1.29, 1.82) is 0 Å². The molecule has 5 nitrogen and oxygen atoms in total. The molecule has 0 aliphatic heterocycles. The van der Waals surface area contributed by atoms with Crippen molar-refractivity contribution in [3.63, 3.8) is 0 Å². The van der Waals surface area contributed by atoms with Gasteiger partial charge >= 0.3 is 0 Å². The van der Waals surface area contributed by atoms with Crippen LogP contribution < -0.4 is 11.3 Å². The molecule has 0 amide bonds. The largest absolute Gasteiger partial charge is 0.542 e. The number of hydrazine groups is 1. The molecule has 0 aromatic carbocycles. The van der Waals surface area contributed by atoms with Crippen LogP contribution in [0.25, 0.3) is 0 Å². The third-order valence-electron chi connectivity index (χ3n) is 3.62. The van der Waals surface area contributed by atoms with Crippen molar-refractivity contribution in [3.8, 4) is 0 Å². The van der Waals surface area contributed by atoms with Crippen molar-refractivity contribution in [3.05, 3.63) is 16.8 Å². The summed E-state index contributed by atoms with van der Waals surface area (Å²) in [5, 5.41) is 8.25. The van der Waals surface area contributed by atoms with E-state index in [0.717, 1.165) is 17.4 Å². The molecule has 0 saturated heterocycles. The van der Waals surface area contributed by atoms with Crippen LogP contribution in [0.2, 0.25) is 0 Å². The van der Waals surface area contributed by atoms with Gasteiger partial charge in [0, 0.05) is 26.6 Å². The second-order valence-electron chi connectivity index (χ2n) is 4.52. The van der Waals surface area contributed by atoms with Gasteiger partial charge in [0.05, 0.1) is 5.69 Å². The van der Waals surface area contributed by atoms with Crippen LogP contribution >= 0.6 is 0 Å². The molecule has 1 saturated carbocycles. The Labute approximate surface area is 121 Å². The minimum atomic E-state index is 0. The maximum absolute atomic E-state index is 8.68. The van der Waals surface area contributed by atoms with Crippen molar-refractivity contribution in [2.75, 3.05) is 5.43 Å². The molecule has 1 aromatic rings. The van der Waals surface area contributed by atoms with Crippen LogP contribution in [-0.4, -0.2) is 16.5 Å². The van der Waals surface area contributed by atoms with E-state index in [2.05, 4.69) is 15.6 Å². The van der Waals surface area contributed by atoms with Gasteiger partial charge in [-0.15, -0.1) is 5.10 Å². The van der Waals surface area contributed by atoms with Crippen LogP contribution in [0.3, 0.4) is 0 Å². The third kappa shape index (κ3) is 2.47. The number of nitrogens with one attached hydrogen (secondary N) is 1. The molecule has 98 valence electrons.